The molecule has 1 aliphatic carbocycles. The van der Waals surface area contributed by atoms with Crippen molar-refractivity contribution in [1.82, 2.24) is 20.0 Å². The maximum atomic E-state index is 11.8. The molecule has 1 aromatic carbocycles. The summed E-state index contributed by atoms with van der Waals surface area (Å²) >= 11 is 5.94. The summed E-state index contributed by atoms with van der Waals surface area (Å²) in [5.41, 5.74) is 1.90. The maximum Gasteiger partial charge on any atom is 0.249 e. The summed E-state index contributed by atoms with van der Waals surface area (Å²) in [5.74, 6) is 0.861. The molecule has 3 atom stereocenters. The average Bonchev–Trinajstić information content (AvgIpc) is 3.94. The summed E-state index contributed by atoms with van der Waals surface area (Å²) in [6.07, 6.45) is 12.6. The fourth-order valence-electron chi connectivity index (χ4n) is 7.39. The van der Waals surface area contributed by atoms with Crippen LogP contribution in [0.25, 0.3) is 0 Å². The lowest BCUT2D eigenvalue weighted by molar-refractivity contribution is -0.138. The number of benzene rings is 1. The molecule has 49 heavy (non-hydrogen) atoms. The highest BCUT2D eigenvalue weighted by molar-refractivity contribution is 6.30. The van der Waals surface area contributed by atoms with E-state index in [0.717, 1.165) is 82.4 Å². The van der Waals surface area contributed by atoms with Gasteiger partial charge in [-0.2, -0.15) is 0 Å². The molecule has 9 nitrogen and oxygen atoms in total. The molecule has 3 amide bonds. The molecule has 0 radical (unpaired) electrons. The SMILES string of the molecule is CC.CC1(C)CCC(NC(=O)C2CCCO2)CC1.CCN(C)C(=O)[C@@H]1CCCN1C=O.Clc1ccc(C2CCN(C3CCOCC3)C2)cc1. The fraction of sp³-hybridized carbons (Fsp3) is 0.769. The lowest BCUT2D eigenvalue weighted by atomic mass is 9.75. The summed E-state index contributed by atoms with van der Waals surface area (Å²) in [4.78, 5) is 40.0. The molecule has 4 saturated heterocycles. The Hall–Kier alpha value is -2.20. The third kappa shape index (κ3) is 13.1. The van der Waals surface area contributed by atoms with Gasteiger partial charge in [-0.3, -0.25) is 19.3 Å². The van der Waals surface area contributed by atoms with Crippen molar-refractivity contribution in [2.75, 3.05) is 53.0 Å². The van der Waals surface area contributed by atoms with E-state index in [1.807, 2.05) is 32.9 Å². The van der Waals surface area contributed by atoms with Crippen LogP contribution in [-0.2, 0) is 23.9 Å². The van der Waals surface area contributed by atoms with Gasteiger partial charge in [-0.05, 0) is 113 Å². The Bertz CT molecular complexity index is 1110. The predicted octanol–water partition coefficient (Wildman–Crippen LogP) is 6.67. The van der Waals surface area contributed by atoms with Gasteiger partial charge in [0.05, 0.1) is 0 Å². The fourth-order valence-corrected chi connectivity index (χ4v) is 7.52. The minimum absolute atomic E-state index is 0.0621. The number of likely N-dealkylation sites (N-methyl/N-ethyl adjacent to an activating group) is 1. The molecule has 0 bridgehead atoms. The largest absolute Gasteiger partial charge is 0.381 e. The summed E-state index contributed by atoms with van der Waals surface area (Å²) in [5, 5.41) is 3.97. The molecule has 5 aliphatic rings. The van der Waals surface area contributed by atoms with Crippen LogP contribution < -0.4 is 5.32 Å². The van der Waals surface area contributed by atoms with Gasteiger partial charge >= 0.3 is 0 Å². The Balaban J connectivity index is 0.000000197. The van der Waals surface area contributed by atoms with Crippen molar-refractivity contribution >= 4 is 29.8 Å². The average molecular weight is 705 g/mol. The number of hydrogen-bond acceptors (Lipinski definition) is 6. The van der Waals surface area contributed by atoms with Gasteiger partial charge in [0.25, 0.3) is 0 Å². The Kier molecular flexibility index (Phi) is 17.9. The number of likely N-dealkylation sites (tertiary alicyclic amines) is 2. The Labute approximate surface area is 301 Å². The number of amides is 3. The number of carbonyl (C=O) groups is 3. The van der Waals surface area contributed by atoms with Crippen molar-refractivity contribution in [3.05, 3.63) is 34.9 Å². The first-order valence-electron chi connectivity index (χ1n) is 19.1. The van der Waals surface area contributed by atoms with Gasteiger partial charge in [0.15, 0.2) is 0 Å². The van der Waals surface area contributed by atoms with Crippen LogP contribution in [0.1, 0.15) is 117 Å². The third-order valence-electron chi connectivity index (χ3n) is 10.7. The molecule has 1 saturated carbocycles. The second-order valence-corrected chi connectivity index (χ2v) is 15.1. The van der Waals surface area contributed by atoms with Gasteiger partial charge in [0.1, 0.15) is 12.1 Å². The zero-order valence-corrected chi connectivity index (χ0v) is 32.0. The highest BCUT2D eigenvalue weighted by atomic mass is 35.5. The molecule has 4 aliphatic heterocycles. The van der Waals surface area contributed by atoms with E-state index in [1.54, 1.807) is 16.8 Å². The van der Waals surface area contributed by atoms with Crippen LogP contribution in [-0.4, -0.2) is 110 Å². The van der Waals surface area contributed by atoms with E-state index in [2.05, 4.69) is 36.2 Å². The predicted molar refractivity (Wildman–Crippen MR) is 198 cm³/mol. The molecule has 6 rings (SSSR count). The summed E-state index contributed by atoms with van der Waals surface area (Å²) in [7, 11) is 1.77. The number of ether oxygens (including phenoxy) is 2. The summed E-state index contributed by atoms with van der Waals surface area (Å²) in [6, 6.07) is 9.30. The molecule has 0 aromatic heterocycles. The lowest BCUT2D eigenvalue weighted by Gasteiger charge is -2.34. The standard InChI is InChI=1S/C15H20ClNO.C13H23NO2.C9H16N2O2.C2H6/c16-14-3-1-12(2-4-14)13-5-8-17(11-13)15-6-9-18-10-7-15;1-13(2)7-5-10(6-8-13)14-12(15)11-4-3-9-16-11;1-3-10(2)9(13)8-5-4-6-11(8)7-12;1-2/h1-4,13,15H,5-11H2;10-11H,3-9H2,1-2H3,(H,14,15);7-8H,3-6H2,1-2H3;1-2H3/t;;8-;/m..0./s1. The maximum absolute atomic E-state index is 11.8. The Morgan fingerprint density at radius 2 is 1.63 bits per heavy atom. The quantitative estimate of drug-likeness (QED) is 0.319. The van der Waals surface area contributed by atoms with Crippen molar-refractivity contribution in [1.29, 1.82) is 0 Å². The van der Waals surface area contributed by atoms with Crippen LogP contribution in [0.3, 0.4) is 0 Å². The third-order valence-corrected chi connectivity index (χ3v) is 11.0. The summed E-state index contributed by atoms with van der Waals surface area (Å²) in [6.45, 7) is 17.0. The van der Waals surface area contributed by atoms with E-state index in [-0.39, 0.29) is 24.0 Å². The van der Waals surface area contributed by atoms with Gasteiger partial charge < -0.3 is 24.6 Å². The van der Waals surface area contributed by atoms with Crippen LogP contribution in [0.2, 0.25) is 5.02 Å². The zero-order valence-electron chi connectivity index (χ0n) is 31.3. The molecule has 1 N–H and O–H groups in total. The topological polar surface area (TPSA) is 91.4 Å². The van der Waals surface area contributed by atoms with Crippen LogP contribution in [0, 0.1) is 5.41 Å². The van der Waals surface area contributed by atoms with Crippen LogP contribution in [0.5, 0.6) is 0 Å². The second-order valence-electron chi connectivity index (χ2n) is 14.7. The van der Waals surface area contributed by atoms with Gasteiger partial charge in [-0.1, -0.05) is 51.4 Å². The van der Waals surface area contributed by atoms with Crippen molar-refractivity contribution in [3.63, 3.8) is 0 Å². The monoisotopic (exact) mass is 704 g/mol. The normalized spacial score (nSPS) is 25.5. The van der Waals surface area contributed by atoms with Crippen molar-refractivity contribution in [2.45, 2.75) is 135 Å². The smallest absolute Gasteiger partial charge is 0.249 e. The molecular formula is C39H65ClN4O5. The number of rotatable bonds is 7. The second kappa shape index (κ2) is 21.2. The molecule has 2 unspecified atom stereocenters. The number of nitrogens with one attached hydrogen (secondary N) is 1. The molecule has 10 heteroatoms. The molecule has 4 heterocycles. The van der Waals surface area contributed by atoms with Gasteiger partial charge in [-0.15, -0.1) is 0 Å². The number of halogens is 1. The van der Waals surface area contributed by atoms with E-state index >= 15 is 0 Å². The number of nitrogens with zero attached hydrogens (tertiary/aromatic N) is 3. The Morgan fingerprint density at radius 1 is 0.959 bits per heavy atom. The molecule has 1 aromatic rings. The first kappa shape index (κ1) is 41.2. The lowest BCUT2D eigenvalue weighted by Crippen LogP contribution is -2.43. The molecule has 0 spiro atoms. The number of carbonyl (C=O) groups excluding carboxylic acids is 3. The molecule has 278 valence electrons. The van der Waals surface area contributed by atoms with E-state index in [9.17, 15) is 14.4 Å². The first-order chi connectivity index (χ1) is 23.6. The van der Waals surface area contributed by atoms with Crippen molar-refractivity contribution < 1.29 is 23.9 Å². The Morgan fingerprint density at radius 3 is 2.22 bits per heavy atom. The number of hydrogen-bond donors (Lipinski definition) is 1. The van der Waals surface area contributed by atoms with Gasteiger partial charge in [0, 0.05) is 63.6 Å². The van der Waals surface area contributed by atoms with Crippen molar-refractivity contribution in [3.8, 4) is 0 Å². The van der Waals surface area contributed by atoms with Crippen LogP contribution >= 0.6 is 11.6 Å². The van der Waals surface area contributed by atoms with Crippen molar-refractivity contribution in [2.24, 2.45) is 5.41 Å². The highest BCUT2D eigenvalue weighted by Gasteiger charge is 2.32. The van der Waals surface area contributed by atoms with E-state index in [0.29, 0.717) is 23.9 Å². The minimum atomic E-state index is -0.206. The highest BCUT2D eigenvalue weighted by Crippen LogP contribution is 2.35. The van der Waals surface area contributed by atoms with E-state index in [1.165, 1.54) is 50.8 Å². The van der Waals surface area contributed by atoms with Gasteiger partial charge in [-0.25, -0.2) is 0 Å². The van der Waals surface area contributed by atoms with Crippen LogP contribution in [0.4, 0.5) is 0 Å². The molecular weight excluding hydrogens is 640 g/mol. The minimum Gasteiger partial charge on any atom is -0.381 e. The van der Waals surface area contributed by atoms with Crippen LogP contribution in [0.15, 0.2) is 24.3 Å². The first-order valence-corrected chi connectivity index (χ1v) is 19.4. The van der Waals surface area contributed by atoms with Gasteiger partial charge in [0.2, 0.25) is 18.2 Å². The molecule has 5 fully saturated rings. The summed E-state index contributed by atoms with van der Waals surface area (Å²) < 4.78 is 10.8. The zero-order chi connectivity index (χ0) is 35.8. The van der Waals surface area contributed by atoms with E-state index in [4.69, 9.17) is 21.1 Å². The van der Waals surface area contributed by atoms with E-state index < -0.39 is 0 Å².